The SMILES string of the molecule is CN=C(NCc1cc2c(cc1OC(F)F)OCO2)NCC(C)Oc1cccc(OC)c1. The van der Waals surface area contributed by atoms with E-state index in [4.69, 9.17) is 18.9 Å². The van der Waals surface area contributed by atoms with Crippen LogP contribution in [0.2, 0.25) is 0 Å². The standard InChI is InChI=1S/C21H25F2N3O5/c1-13(30-16-6-4-5-15(8-16)27-3)10-25-21(24-2)26-11-14-7-18-19(29-12-28-18)9-17(14)31-20(22)23/h4-9,13,20H,10-12H2,1-3H3,(H2,24,25,26). The second kappa shape index (κ2) is 10.6. The van der Waals surface area contributed by atoms with Gasteiger partial charge in [0, 0.05) is 31.3 Å². The Morgan fingerprint density at radius 1 is 1.10 bits per heavy atom. The van der Waals surface area contributed by atoms with E-state index in [1.807, 2.05) is 25.1 Å². The summed E-state index contributed by atoms with van der Waals surface area (Å²) in [5, 5.41) is 6.21. The van der Waals surface area contributed by atoms with Crippen LogP contribution in [0.4, 0.5) is 8.78 Å². The Labute approximate surface area is 179 Å². The van der Waals surface area contributed by atoms with Crippen molar-refractivity contribution in [1.29, 1.82) is 0 Å². The van der Waals surface area contributed by atoms with Crippen molar-refractivity contribution >= 4 is 5.96 Å². The lowest BCUT2D eigenvalue weighted by atomic mass is 10.1. The Hall–Kier alpha value is -3.43. The molecule has 10 heteroatoms. The number of hydrogen-bond donors (Lipinski definition) is 2. The van der Waals surface area contributed by atoms with Gasteiger partial charge in [-0.2, -0.15) is 8.78 Å². The smallest absolute Gasteiger partial charge is 0.387 e. The number of fused-ring (bicyclic) bond motifs is 1. The third kappa shape index (κ3) is 6.27. The van der Waals surface area contributed by atoms with Crippen LogP contribution < -0.4 is 34.3 Å². The number of nitrogens with one attached hydrogen (secondary N) is 2. The zero-order chi connectivity index (χ0) is 22.2. The highest BCUT2D eigenvalue weighted by Gasteiger charge is 2.20. The molecule has 0 fully saturated rings. The number of halogens is 2. The first-order valence-corrected chi connectivity index (χ1v) is 9.61. The van der Waals surface area contributed by atoms with E-state index < -0.39 is 6.61 Å². The molecule has 1 atom stereocenters. The molecule has 1 heterocycles. The number of benzene rings is 2. The number of alkyl halides is 2. The van der Waals surface area contributed by atoms with E-state index in [0.29, 0.717) is 41.1 Å². The van der Waals surface area contributed by atoms with Crippen molar-refractivity contribution in [1.82, 2.24) is 10.6 Å². The molecule has 168 valence electrons. The van der Waals surface area contributed by atoms with Gasteiger partial charge in [0.05, 0.1) is 13.7 Å². The van der Waals surface area contributed by atoms with Gasteiger partial charge in [0.15, 0.2) is 17.5 Å². The van der Waals surface area contributed by atoms with E-state index in [1.54, 1.807) is 26.3 Å². The summed E-state index contributed by atoms with van der Waals surface area (Å²) in [6.07, 6.45) is -0.172. The van der Waals surface area contributed by atoms with E-state index in [-0.39, 0.29) is 25.2 Å². The highest BCUT2D eigenvalue weighted by Crippen LogP contribution is 2.38. The number of nitrogens with zero attached hydrogens (tertiary/aromatic N) is 1. The summed E-state index contributed by atoms with van der Waals surface area (Å²) < 4.78 is 51.8. The molecule has 0 saturated carbocycles. The van der Waals surface area contributed by atoms with Gasteiger partial charge in [-0.15, -0.1) is 0 Å². The number of guanidine groups is 1. The minimum Gasteiger partial charge on any atom is -0.497 e. The molecule has 1 aliphatic heterocycles. The summed E-state index contributed by atoms with van der Waals surface area (Å²) in [5.74, 6) is 2.72. The van der Waals surface area contributed by atoms with Gasteiger partial charge in [-0.3, -0.25) is 4.99 Å². The number of aliphatic imine (C=N–C) groups is 1. The predicted molar refractivity (Wildman–Crippen MR) is 110 cm³/mol. The largest absolute Gasteiger partial charge is 0.497 e. The Kier molecular flexibility index (Phi) is 7.58. The first-order valence-electron chi connectivity index (χ1n) is 9.61. The number of hydrogen-bond acceptors (Lipinski definition) is 6. The Morgan fingerprint density at radius 3 is 2.55 bits per heavy atom. The fourth-order valence-electron chi connectivity index (χ4n) is 2.90. The van der Waals surface area contributed by atoms with Gasteiger partial charge in [-0.1, -0.05) is 6.07 Å². The molecule has 3 rings (SSSR count). The van der Waals surface area contributed by atoms with E-state index in [2.05, 4.69) is 20.4 Å². The highest BCUT2D eigenvalue weighted by molar-refractivity contribution is 5.79. The van der Waals surface area contributed by atoms with Crippen LogP contribution in [0.5, 0.6) is 28.7 Å². The second-order valence-electron chi connectivity index (χ2n) is 6.61. The van der Waals surface area contributed by atoms with Gasteiger partial charge in [-0.05, 0) is 25.1 Å². The average molecular weight is 437 g/mol. The molecule has 1 unspecified atom stereocenters. The van der Waals surface area contributed by atoms with Crippen molar-refractivity contribution in [2.24, 2.45) is 4.99 Å². The fourth-order valence-corrected chi connectivity index (χ4v) is 2.90. The van der Waals surface area contributed by atoms with E-state index in [9.17, 15) is 8.78 Å². The molecule has 0 aliphatic carbocycles. The Morgan fingerprint density at radius 2 is 1.84 bits per heavy atom. The summed E-state index contributed by atoms with van der Waals surface area (Å²) in [6, 6.07) is 10.3. The van der Waals surface area contributed by atoms with Crippen molar-refractivity contribution in [3.63, 3.8) is 0 Å². The number of methoxy groups -OCH3 is 1. The zero-order valence-electron chi connectivity index (χ0n) is 17.5. The van der Waals surface area contributed by atoms with Crippen LogP contribution in [-0.4, -0.2) is 46.2 Å². The van der Waals surface area contributed by atoms with Gasteiger partial charge in [0.1, 0.15) is 23.4 Å². The normalized spacial score (nSPS) is 13.7. The molecule has 2 aromatic rings. The van der Waals surface area contributed by atoms with E-state index in [1.165, 1.54) is 6.07 Å². The molecule has 0 radical (unpaired) electrons. The second-order valence-corrected chi connectivity index (χ2v) is 6.61. The maximum absolute atomic E-state index is 12.8. The Balaban J connectivity index is 1.55. The molecule has 0 amide bonds. The van der Waals surface area contributed by atoms with E-state index in [0.717, 1.165) is 0 Å². The first-order chi connectivity index (χ1) is 15.0. The van der Waals surface area contributed by atoms with Crippen LogP contribution in [0.1, 0.15) is 12.5 Å². The molecular weight excluding hydrogens is 412 g/mol. The molecule has 31 heavy (non-hydrogen) atoms. The van der Waals surface area contributed by atoms with Crippen molar-refractivity contribution in [2.75, 3.05) is 27.5 Å². The van der Waals surface area contributed by atoms with Crippen molar-refractivity contribution in [3.05, 3.63) is 42.0 Å². The van der Waals surface area contributed by atoms with E-state index >= 15 is 0 Å². The Bertz CT molecular complexity index is 911. The van der Waals surface area contributed by atoms with Gasteiger partial charge in [0.2, 0.25) is 6.79 Å². The fraction of sp³-hybridized carbons (Fsp3) is 0.381. The van der Waals surface area contributed by atoms with Crippen LogP contribution in [0.25, 0.3) is 0 Å². The monoisotopic (exact) mass is 437 g/mol. The van der Waals surface area contributed by atoms with Crippen LogP contribution >= 0.6 is 0 Å². The summed E-state index contributed by atoms with van der Waals surface area (Å²) in [4.78, 5) is 4.15. The van der Waals surface area contributed by atoms with Crippen LogP contribution in [-0.2, 0) is 6.54 Å². The molecular formula is C21H25F2N3O5. The third-order valence-electron chi connectivity index (χ3n) is 4.38. The molecule has 0 spiro atoms. The minimum absolute atomic E-state index is 0.0110. The van der Waals surface area contributed by atoms with Gasteiger partial charge < -0.3 is 34.3 Å². The van der Waals surface area contributed by atoms with Crippen LogP contribution in [0.3, 0.4) is 0 Å². The average Bonchev–Trinajstić information content (AvgIpc) is 3.20. The topological polar surface area (TPSA) is 82.6 Å². The number of rotatable bonds is 9. The molecule has 8 nitrogen and oxygen atoms in total. The first kappa shape index (κ1) is 22.3. The minimum atomic E-state index is -2.95. The third-order valence-corrected chi connectivity index (χ3v) is 4.38. The number of ether oxygens (including phenoxy) is 5. The molecule has 0 saturated heterocycles. The molecule has 1 aliphatic rings. The highest BCUT2D eigenvalue weighted by atomic mass is 19.3. The molecule has 0 aromatic heterocycles. The predicted octanol–water partition coefficient (Wildman–Crippen LogP) is 3.16. The lowest BCUT2D eigenvalue weighted by molar-refractivity contribution is -0.0505. The van der Waals surface area contributed by atoms with Gasteiger partial charge in [-0.25, -0.2) is 0 Å². The lowest BCUT2D eigenvalue weighted by Crippen LogP contribution is -2.41. The molecule has 0 bridgehead atoms. The summed E-state index contributed by atoms with van der Waals surface area (Å²) >= 11 is 0. The van der Waals surface area contributed by atoms with Crippen LogP contribution in [0.15, 0.2) is 41.4 Å². The van der Waals surface area contributed by atoms with Gasteiger partial charge >= 0.3 is 6.61 Å². The zero-order valence-corrected chi connectivity index (χ0v) is 17.5. The molecule has 2 N–H and O–H groups in total. The maximum Gasteiger partial charge on any atom is 0.387 e. The quantitative estimate of drug-likeness (QED) is 0.461. The summed E-state index contributed by atoms with van der Waals surface area (Å²) in [6.45, 7) is -0.366. The van der Waals surface area contributed by atoms with Crippen molar-refractivity contribution in [3.8, 4) is 28.7 Å². The summed E-state index contributed by atoms with van der Waals surface area (Å²) in [7, 11) is 3.21. The van der Waals surface area contributed by atoms with Crippen molar-refractivity contribution in [2.45, 2.75) is 26.2 Å². The van der Waals surface area contributed by atoms with Gasteiger partial charge in [0.25, 0.3) is 0 Å². The van der Waals surface area contributed by atoms with Crippen LogP contribution in [0, 0.1) is 0 Å². The summed E-state index contributed by atoms with van der Waals surface area (Å²) in [5.41, 5.74) is 0.480. The maximum atomic E-state index is 12.8. The lowest BCUT2D eigenvalue weighted by Gasteiger charge is -2.19. The van der Waals surface area contributed by atoms with Crippen molar-refractivity contribution < 1.29 is 32.5 Å². The molecule has 2 aromatic carbocycles.